The summed E-state index contributed by atoms with van der Waals surface area (Å²) in [5.74, 6) is -0.480. The lowest BCUT2D eigenvalue weighted by molar-refractivity contribution is -0.921. The normalized spacial score (nSPS) is 10.1. The molecule has 0 saturated heterocycles. The van der Waals surface area contributed by atoms with Crippen LogP contribution in [0.3, 0.4) is 0 Å². The number of carbonyl (C=O) groups is 1. The number of hydrogen-bond donors (Lipinski definition) is 0. The molecule has 0 aliphatic carbocycles. The van der Waals surface area contributed by atoms with Crippen molar-refractivity contribution in [3.63, 3.8) is 0 Å². The summed E-state index contributed by atoms with van der Waals surface area (Å²) in [6, 6.07) is 0. The van der Waals surface area contributed by atoms with Crippen LogP contribution in [0.4, 0.5) is 0 Å². The summed E-state index contributed by atoms with van der Waals surface area (Å²) in [6.45, 7) is 15.5. The average molecular weight is 225 g/mol. The topological polar surface area (TPSA) is 26.3 Å². The Balaban J connectivity index is 0. The van der Waals surface area contributed by atoms with Crippen molar-refractivity contribution in [2.45, 2.75) is 34.6 Å². The average Bonchev–Trinajstić information content (AvgIpc) is 2.23. The van der Waals surface area contributed by atoms with Crippen LogP contribution in [0.25, 0.3) is 0 Å². The van der Waals surface area contributed by atoms with Crippen molar-refractivity contribution in [1.29, 1.82) is 0 Å². The molecule has 0 amide bonds. The van der Waals surface area contributed by atoms with Crippen LogP contribution in [0.2, 0.25) is 0 Å². The number of carbonyl (C=O) groups excluding carboxylic acids is 1. The molecule has 14 heavy (non-hydrogen) atoms. The van der Waals surface area contributed by atoms with Crippen LogP contribution in [0, 0.1) is 0 Å². The van der Waals surface area contributed by atoms with E-state index in [1.165, 1.54) is 37.6 Å². The van der Waals surface area contributed by atoms with Gasteiger partial charge in [0, 0.05) is 6.92 Å². The van der Waals surface area contributed by atoms with Crippen molar-refractivity contribution in [2.75, 3.05) is 26.2 Å². The van der Waals surface area contributed by atoms with E-state index >= 15 is 0 Å². The van der Waals surface area contributed by atoms with Gasteiger partial charge in [-0.25, -0.2) is 0 Å². The number of halogens is 1. The Morgan fingerprint density at radius 1 is 1.07 bits per heavy atom. The van der Waals surface area contributed by atoms with Crippen molar-refractivity contribution in [3.8, 4) is 0 Å². The number of rotatable bonds is 4. The minimum atomic E-state index is -0.480. The van der Waals surface area contributed by atoms with Gasteiger partial charge in [0.2, 0.25) is 0 Å². The van der Waals surface area contributed by atoms with Gasteiger partial charge in [0.25, 0.3) is 0 Å². The molecule has 3 nitrogen and oxygen atoms in total. The van der Waals surface area contributed by atoms with E-state index in [-0.39, 0.29) is 0 Å². The van der Waals surface area contributed by atoms with E-state index in [9.17, 15) is 4.79 Å². The smallest absolute Gasteiger partial charge is 0.321 e. The second kappa shape index (κ2) is 9.28. The van der Waals surface area contributed by atoms with Gasteiger partial charge in [-0.3, -0.25) is 4.79 Å². The highest BCUT2D eigenvalue weighted by Crippen LogP contribution is 2.03. The molecule has 0 radical (unpaired) electrons. The lowest BCUT2D eigenvalue weighted by atomic mass is 10.3. The fourth-order valence-electron chi connectivity index (χ4n) is 1.34. The molecule has 0 aromatic rings. The van der Waals surface area contributed by atoms with E-state index in [0.29, 0.717) is 0 Å². The Hall–Kier alpha value is -0.280. The fraction of sp³-hybridized carbons (Fsp3) is 0.900. The molecule has 0 bridgehead atoms. The Bertz CT molecular complexity index is 130. The van der Waals surface area contributed by atoms with Crippen LogP contribution in [-0.4, -0.2) is 36.6 Å². The Kier molecular flexibility index (Phi) is 10.7. The van der Waals surface area contributed by atoms with Crippen molar-refractivity contribution in [1.82, 2.24) is 0 Å². The van der Waals surface area contributed by atoms with Gasteiger partial charge < -0.3 is 8.77 Å². The van der Waals surface area contributed by atoms with Gasteiger partial charge in [0.05, 0.1) is 26.2 Å². The van der Waals surface area contributed by atoms with Gasteiger partial charge in [0.1, 0.15) is 11.9 Å². The predicted octanol–water partition coefficient (Wildman–Crippen LogP) is 2.59. The highest BCUT2D eigenvalue weighted by atomic mass is 35.5. The zero-order valence-electron chi connectivity index (χ0n) is 9.97. The fourth-order valence-corrected chi connectivity index (χ4v) is 1.34. The van der Waals surface area contributed by atoms with Crippen LogP contribution in [0.5, 0.6) is 0 Å². The van der Waals surface area contributed by atoms with Gasteiger partial charge in [-0.2, -0.15) is 0 Å². The van der Waals surface area contributed by atoms with Crippen LogP contribution in [-0.2, 0) is 9.08 Å². The molecular formula is C10H23ClNO2+. The molecule has 0 aliphatic rings. The summed E-state index contributed by atoms with van der Waals surface area (Å²) >= 11 is 4.49. The number of hydrogen-bond acceptors (Lipinski definition) is 2. The third kappa shape index (κ3) is 7.15. The van der Waals surface area contributed by atoms with Crippen LogP contribution in [0.1, 0.15) is 34.6 Å². The SMILES string of the molecule is CC(=O)OCl.CC[N+](CC)(CC)CC. The Labute approximate surface area is 92.8 Å². The standard InChI is InChI=1S/C8H20N.C2H3ClO2/c1-5-9(6-2,7-3)8-4;1-2(4)5-3/h5-8H2,1-4H3;1H3/q+1;. The van der Waals surface area contributed by atoms with Gasteiger partial charge >= 0.3 is 5.97 Å². The number of nitrogens with zero attached hydrogens (tertiary/aromatic N) is 1. The molecular weight excluding hydrogens is 202 g/mol. The van der Waals surface area contributed by atoms with Crippen LogP contribution >= 0.6 is 11.9 Å². The lowest BCUT2D eigenvalue weighted by Gasteiger charge is -2.34. The quantitative estimate of drug-likeness (QED) is 0.687. The number of quaternary nitrogens is 1. The summed E-state index contributed by atoms with van der Waals surface area (Å²) in [4.78, 5) is 9.46. The first-order valence-electron chi connectivity index (χ1n) is 5.16. The minimum absolute atomic E-state index is 0.480. The summed E-state index contributed by atoms with van der Waals surface area (Å²) in [6.07, 6.45) is 0. The second-order valence-corrected chi connectivity index (χ2v) is 3.33. The largest absolute Gasteiger partial charge is 0.348 e. The molecule has 0 heterocycles. The predicted molar refractivity (Wildman–Crippen MR) is 60.0 cm³/mol. The van der Waals surface area contributed by atoms with E-state index < -0.39 is 5.97 Å². The summed E-state index contributed by atoms with van der Waals surface area (Å²) in [5, 5.41) is 0. The Morgan fingerprint density at radius 3 is 1.29 bits per heavy atom. The van der Waals surface area contributed by atoms with E-state index in [4.69, 9.17) is 0 Å². The van der Waals surface area contributed by atoms with Gasteiger partial charge in [-0.1, -0.05) is 0 Å². The molecule has 0 atom stereocenters. The highest BCUT2D eigenvalue weighted by Gasteiger charge is 2.16. The third-order valence-corrected chi connectivity index (χ3v) is 3.01. The van der Waals surface area contributed by atoms with Crippen molar-refractivity contribution >= 4 is 17.8 Å². The third-order valence-electron chi connectivity index (χ3n) is 2.79. The molecule has 0 saturated carbocycles. The molecule has 0 rings (SSSR count). The Morgan fingerprint density at radius 2 is 1.29 bits per heavy atom. The summed E-state index contributed by atoms with van der Waals surface area (Å²) in [7, 11) is 0. The minimum Gasteiger partial charge on any atom is -0.348 e. The zero-order valence-corrected chi connectivity index (χ0v) is 10.7. The van der Waals surface area contributed by atoms with Crippen molar-refractivity contribution in [3.05, 3.63) is 0 Å². The molecule has 4 heteroatoms. The molecule has 0 aromatic carbocycles. The molecule has 86 valence electrons. The molecule has 0 spiro atoms. The van der Waals surface area contributed by atoms with Crippen LogP contribution in [0.15, 0.2) is 0 Å². The molecule has 0 fully saturated rings. The van der Waals surface area contributed by atoms with Crippen molar-refractivity contribution < 1.29 is 13.6 Å². The van der Waals surface area contributed by atoms with E-state index in [0.717, 1.165) is 0 Å². The first-order valence-corrected chi connectivity index (χ1v) is 5.46. The molecule has 0 N–H and O–H groups in total. The molecule has 0 aliphatic heterocycles. The van der Waals surface area contributed by atoms with Crippen LogP contribution < -0.4 is 0 Å². The monoisotopic (exact) mass is 224 g/mol. The van der Waals surface area contributed by atoms with Crippen molar-refractivity contribution in [2.24, 2.45) is 0 Å². The van der Waals surface area contributed by atoms with E-state index in [1.807, 2.05) is 0 Å². The lowest BCUT2D eigenvalue weighted by Crippen LogP contribution is -2.47. The first-order chi connectivity index (χ1) is 6.51. The van der Waals surface area contributed by atoms with Gasteiger partial charge in [-0.05, 0) is 27.7 Å². The van der Waals surface area contributed by atoms with E-state index in [1.54, 1.807) is 0 Å². The summed E-state index contributed by atoms with van der Waals surface area (Å²) < 4.78 is 4.86. The second-order valence-electron chi connectivity index (χ2n) is 3.18. The maximum Gasteiger partial charge on any atom is 0.321 e. The maximum absolute atomic E-state index is 9.46. The molecule has 0 aromatic heterocycles. The molecule has 0 unspecified atom stereocenters. The summed E-state index contributed by atoms with van der Waals surface area (Å²) in [5.41, 5.74) is 0. The van der Waals surface area contributed by atoms with E-state index in [2.05, 4.69) is 43.9 Å². The van der Waals surface area contributed by atoms with Gasteiger partial charge in [0.15, 0.2) is 0 Å². The maximum atomic E-state index is 9.46. The zero-order chi connectivity index (χ0) is 11.6. The first kappa shape index (κ1) is 16.2. The highest BCUT2D eigenvalue weighted by molar-refractivity contribution is 6.12. The van der Waals surface area contributed by atoms with Gasteiger partial charge in [-0.15, -0.1) is 0 Å².